The number of carbonyl (C=O) groups excluding carboxylic acids is 1. The third-order valence-electron chi connectivity index (χ3n) is 3.31. The van der Waals surface area contributed by atoms with Gasteiger partial charge in [0.05, 0.1) is 6.20 Å². The fourth-order valence-corrected chi connectivity index (χ4v) is 2.38. The number of hydrogen-bond acceptors (Lipinski definition) is 4. The van der Waals surface area contributed by atoms with E-state index >= 15 is 0 Å². The molecule has 0 aliphatic heterocycles. The van der Waals surface area contributed by atoms with Crippen LogP contribution < -0.4 is 9.30 Å². The third-order valence-corrected chi connectivity index (χ3v) is 3.68. The van der Waals surface area contributed by atoms with Crippen LogP contribution in [0.1, 0.15) is 16.1 Å². The van der Waals surface area contributed by atoms with Gasteiger partial charge < -0.3 is 4.74 Å². The van der Waals surface area contributed by atoms with Crippen LogP contribution in [0.15, 0.2) is 78.1 Å². The van der Waals surface area contributed by atoms with Gasteiger partial charge in [0.15, 0.2) is 12.7 Å². The molecule has 0 amide bonds. The Morgan fingerprint density at radius 1 is 1.09 bits per heavy atom. The van der Waals surface area contributed by atoms with Gasteiger partial charge in [-0.1, -0.05) is 42.5 Å². The van der Waals surface area contributed by atoms with Crippen molar-refractivity contribution < 1.29 is 14.1 Å². The first-order valence-electron chi connectivity index (χ1n) is 7.11. The van der Waals surface area contributed by atoms with E-state index in [1.54, 1.807) is 30.6 Å². The second-order valence-electron chi connectivity index (χ2n) is 4.93. The summed E-state index contributed by atoms with van der Waals surface area (Å²) in [5.74, 6) is -0.0357. The smallest absolute Gasteiger partial charge is 0.410 e. The van der Waals surface area contributed by atoms with E-state index in [1.807, 2.05) is 41.0 Å². The van der Waals surface area contributed by atoms with Crippen LogP contribution in [0, 0.1) is 0 Å². The van der Waals surface area contributed by atoms with Crippen LogP contribution in [0.5, 0.6) is 5.75 Å². The summed E-state index contributed by atoms with van der Waals surface area (Å²) >= 11 is 4.29. The number of aromatic nitrogens is 2. The summed E-state index contributed by atoms with van der Waals surface area (Å²) in [5, 5.41) is 0. The Bertz CT molecular complexity index is 822. The Kier molecular flexibility index (Phi) is 4.68. The van der Waals surface area contributed by atoms with Crippen molar-refractivity contribution in [2.24, 2.45) is 0 Å². The van der Waals surface area contributed by atoms with Crippen LogP contribution in [-0.4, -0.2) is 11.0 Å². The maximum Gasteiger partial charge on any atom is 0.410 e. The van der Waals surface area contributed by atoms with Crippen molar-refractivity contribution in [3.05, 3.63) is 84.4 Å². The molecule has 2 aromatic carbocycles. The van der Waals surface area contributed by atoms with Gasteiger partial charge in [-0.05, 0) is 12.1 Å². The van der Waals surface area contributed by atoms with Gasteiger partial charge in [0.1, 0.15) is 11.9 Å². The van der Waals surface area contributed by atoms with E-state index in [4.69, 9.17) is 4.74 Å². The minimum absolute atomic E-state index is 0.382. The Balaban J connectivity index is 1.85. The van der Waals surface area contributed by atoms with E-state index in [0.717, 1.165) is 5.56 Å². The lowest BCUT2D eigenvalue weighted by atomic mass is 10.2. The predicted octanol–water partition coefficient (Wildman–Crippen LogP) is 2.93. The van der Waals surface area contributed by atoms with Crippen molar-refractivity contribution in [2.75, 3.05) is 0 Å². The molecule has 1 heterocycles. The minimum atomic E-state index is -0.462. The SMILES string of the molecule is O=C(Oc1ccccc1S)c1cncc[n+]1Cc1ccccc1. The van der Waals surface area contributed by atoms with Crippen molar-refractivity contribution in [3.8, 4) is 5.75 Å². The number of thiol groups is 1. The van der Waals surface area contributed by atoms with Gasteiger partial charge in [-0.25, -0.2) is 4.79 Å². The number of hydrogen-bond donors (Lipinski definition) is 1. The topological polar surface area (TPSA) is 43.1 Å². The molecular formula is C18H15N2O2S+. The van der Waals surface area contributed by atoms with Gasteiger partial charge in [0.2, 0.25) is 0 Å². The summed E-state index contributed by atoms with van der Waals surface area (Å²) in [4.78, 5) is 17.1. The number of para-hydroxylation sites is 1. The maximum absolute atomic E-state index is 12.5. The summed E-state index contributed by atoms with van der Waals surface area (Å²) in [7, 11) is 0. The van der Waals surface area contributed by atoms with E-state index in [1.165, 1.54) is 6.20 Å². The molecule has 0 atom stereocenters. The molecule has 23 heavy (non-hydrogen) atoms. The quantitative estimate of drug-likeness (QED) is 0.347. The highest BCUT2D eigenvalue weighted by molar-refractivity contribution is 7.80. The number of rotatable bonds is 4. The zero-order valence-electron chi connectivity index (χ0n) is 12.3. The van der Waals surface area contributed by atoms with Gasteiger partial charge in [0, 0.05) is 10.5 Å². The zero-order chi connectivity index (χ0) is 16.1. The molecule has 4 nitrogen and oxygen atoms in total. The highest BCUT2D eigenvalue weighted by atomic mass is 32.1. The second-order valence-corrected chi connectivity index (χ2v) is 5.41. The van der Waals surface area contributed by atoms with Gasteiger partial charge >= 0.3 is 11.7 Å². The Hall–Kier alpha value is -2.66. The highest BCUT2D eigenvalue weighted by Crippen LogP contribution is 2.21. The first-order valence-corrected chi connectivity index (χ1v) is 7.56. The van der Waals surface area contributed by atoms with E-state index < -0.39 is 5.97 Å². The van der Waals surface area contributed by atoms with E-state index in [-0.39, 0.29) is 0 Å². The van der Waals surface area contributed by atoms with Crippen molar-refractivity contribution in [1.29, 1.82) is 0 Å². The number of nitrogens with zero attached hydrogens (tertiary/aromatic N) is 2. The molecule has 0 N–H and O–H groups in total. The molecular weight excluding hydrogens is 308 g/mol. The normalized spacial score (nSPS) is 10.3. The average Bonchev–Trinajstić information content (AvgIpc) is 2.58. The van der Waals surface area contributed by atoms with Crippen LogP contribution in [0.4, 0.5) is 0 Å². The van der Waals surface area contributed by atoms with Gasteiger partial charge in [0.25, 0.3) is 0 Å². The zero-order valence-corrected chi connectivity index (χ0v) is 13.2. The van der Waals surface area contributed by atoms with Gasteiger partial charge in [-0.3, -0.25) is 4.98 Å². The van der Waals surface area contributed by atoms with E-state index in [0.29, 0.717) is 22.9 Å². The van der Waals surface area contributed by atoms with Crippen molar-refractivity contribution in [1.82, 2.24) is 4.98 Å². The lowest BCUT2D eigenvalue weighted by Gasteiger charge is -2.06. The molecule has 3 aromatic rings. The van der Waals surface area contributed by atoms with Crippen LogP contribution in [0.25, 0.3) is 0 Å². The molecule has 0 fully saturated rings. The van der Waals surface area contributed by atoms with Gasteiger partial charge in [-0.15, -0.1) is 12.6 Å². The lowest BCUT2D eigenvalue weighted by molar-refractivity contribution is -0.691. The minimum Gasteiger partial charge on any atom is -0.417 e. The molecule has 0 aliphatic rings. The standard InChI is InChI=1S/C18H14N2O2S/c21-18(22-16-8-4-5-9-17(16)23)15-12-19-10-11-20(15)13-14-6-2-1-3-7-14/h1-12H,13H2/p+1. The maximum atomic E-state index is 12.5. The Morgan fingerprint density at radius 3 is 2.61 bits per heavy atom. The molecule has 5 heteroatoms. The first-order chi connectivity index (χ1) is 11.2. The predicted molar refractivity (Wildman–Crippen MR) is 88.6 cm³/mol. The fraction of sp³-hybridized carbons (Fsp3) is 0.0556. The Morgan fingerprint density at radius 2 is 1.83 bits per heavy atom. The summed E-state index contributed by atoms with van der Waals surface area (Å²) in [6.07, 6.45) is 4.91. The van der Waals surface area contributed by atoms with Crippen molar-refractivity contribution in [3.63, 3.8) is 0 Å². The molecule has 0 aliphatic carbocycles. The molecule has 0 bridgehead atoms. The number of esters is 1. The molecule has 0 saturated heterocycles. The summed E-state index contributed by atoms with van der Waals surface area (Å²) in [6.45, 7) is 0.566. The number of benzene rings is 2. The van der Waals surface area contributed by atoms with Crippen molar-refractivity contribution >= 4 is 18.6 Å². The average molecular weight is 323 g/mol. The van der Waals surface area contributed by atoms with Crippen LogP contribution in [-0.2, 0) is 6.54 Å². The van der Waals surface area contributed by atoms with Crippen LogP contribution >= 0.6 is 12.6 Å². The van der Waals surface area contributed by atoms with E-state index in [9.17, 15) is 4.79 Å². The second kappa shape index (κ2) is 7.07. The van der Waals surface area contributed by atoms with E-state index in [2.05, 4.69) is 17.6 Å². The molecule has 0 unspecified atom stereocenters. The molecule has 0 spiro atoms. The number of carbonyl (C=O) groups is 1. The Labute approximate surface area is 139 Å². The summed E-state index contributed by atoms with van der Waals surface area (Å²) in [5.41, 5.74) is 1.47. The molecule has 3 rings (SSSR count). The fourth-order valence-electron chi connectivity index (χ4n) is 2.17. The third kappa shape index (κ3) is 3.76. The molecule has 0 radical (unpaired) electrons. The monoisotopic (exact) mass is 323 g/mol. The van der Waals surface area contributed by atoms with Crippen LogP contribution in [0.3, 0.4) is 0 Å². The summed E-state index contributed by atoms with van der Waals surface area (Å²) < 4.78 is 7.24. The largest absolute Gasteiger partial charge is 0.417 e. The molecule has 0 saturated carbocycles. The molecule has 1 aromatic heterocycles. The van der Waals surface area contributed by atoms with Crippen molar-refractivity contribution in [2.45, 2.75) is 11.4 Å². The van der Waals surface area contributed by atoms with Crippen LogP contribution in [0.2, 0.25) is 0 Å². The molecule has 114 valence electrons. The highest BCUT2D eigenvalue weighted by Gasteiger charge is 2.22. The van der Waals surface area contributed by atoms with Gasteiger partial charge in [-0.2, -0.15) is 4.57 Å². The first kappa shape index (κ1) is 15.2. The summed E-state index contributed by atoms with van der Waals surface area (Å²) in [6, 6.07) is 17.0. The number of ether oxygens (including phenoxy) is 1. The lowest BCUT2D eigenvalue weighted by Crippen LogP contribution is -2.42.